The molecule has 0 atom stereocenters. The third-order valence-electron chi connectivity index (χ3n) is 3.49. The third kappa shape index (κ3) is 4.21. The predicted octanol–water partition coefficient (Wildman–Crippen LogP) is 6.48. The number of amides is 1. The smallest absolute Gasteiger partial charge is 0.417 e. The highest BCUT2D eigenvalue weighted by Gasteiger charge is 2.33. The molecule has 26 heavy (non-hydrogen) atoms. The Morgan fingerprint density at radius 2 is 1.73 bits per heavy atom. The molecule has 1 heterocycles. The Hall–Kier alpha value is -2.00. The molecule has 0 aliphatic carbocycles. The van der Waals surface area contributed by atoms with E-state index in [0.29, 0.717) is 5.69 Å². The fourth-order valence-corrected chi connectivity index (χ4v) is 2.82. The van der Waals surface area contributed by atoms with E-state index < -0.39 is 22.7 Å². The van der Waals surface area contributed by atoms with Crippen molar-refractivity contribution in [2.45, 2.75) is 6.18 Å². The summed E-state index contributed by atoms with van der Waals surface area (Å²) in [6.45, 7) is 0. The van der Waals surface area contributed by atoms with E-state index in [4.69, 9.17) is 16.0 Å². The first-order valence-corrected chi connectivity index (χ1v) is 8.73. The van der Waals surface area contributed by atoms with Gasteiger partial charge in [-0.05, 0) is 77.2 Å². The van der Waals surface area contributed by atoms with Crippen LogP contribution in [0.5, 0.6) is 0 Å². The number of nitrogens with one attached hydrogen (secondary N) is 1. The maximum atomic E-state index is 13.0. The van der Waals surface area contributed by atoms with E-state index in [9.17, 15) is 18.0 Å². The Balaban J connectivity index is 1.83. The van der Waals surface area contributed by atoms with Gasteiger partial charge in [-0.1, -0.05) is 11.6 Å². The quantitative estimate of drug-likeness (QED) is 0.426. The molecule has 3 rings (SSSR count). The van der Waals surface area contributed by atoms with Crippen molar-refractivity contribution in [1.82, 2.24) is 0 Å². The number of halogens is 5. The number of benzene rings is 2. The second-order valence-electron chi connectivity index (χ2n) is 5.32. The van der Waals surface area contributed by atoms with Gasteiger partial charge in [-0.2, -0.15) is 13.2 Å². The molecular weight excluding hydrogens is 482 g/mol. The number of alkyl halides is 3. The van der Waals surface area contributed by atoms with Crippen molar-refractivity contribution in [3.63, 3.8) is 0 Å². The molecule has 134 valence electrons. The van der Waals surface area contributed by atoms with Crippen LogP contribution in [0.4, 0.5) is 18.9 Å². The van der Waals surface area contributed by atoms with Crippen molar-refractivity contribution in [3.05, 3.63) is 74.5 Å². The van der Waals surface area contributed by atoms with Crippen LogP contribution in [-0.4, -0.2) is 5.91 Å². The van der Waals surface area contributed by atoms with Crippen molar-refractivity contribution in [3.8, 4) is 11.3 Å². The lowest BCUT2D eigenvalue weighted by atomic mass is 10.1. The van der Waals surface area contributed by atoms with Gasteiger partial charge in [-0.15, -0.1) is 0 Å². The first kappa shape index (κ1) is 18.8. The van der Waals surface area contributed by atoms with E-state index in [2.05, 4.69) is 27.9 Å². The van der Waals surface area contributed by atoms with Crippen molar-refractivity contribution in [2.75, 3.05) is 5.32 Å². The van der Waals surface area contributed by atoms with Gasteiger partial charge in [0.1, 0.15) is 5.76 Å². The molecule has 1 N–H and O–H groups in total. The monoisotopic (exact) mass is 491 g/mol. The van der Waals surface area contributed by atoms with Gasteiger partial charge in [-0.3, -0.25) is 4.79 Å². The van der Waals surface area contributed by atoms with Crippen LogP contribution >= 0.6 is 34.2 Å². The molecule has 0 aliphatic heterocycles. The molecule has 0 radical (unpaired) electrons. The molecule has 0 fully saturated rings. The van der Waals surface area contributed by atoms with Crippen LogP contribution in [0.25, 0.3) is 11.3 Å². The van der Waals surface area contributed by atoms with E-state index in [-0.39, 0.29) is 17.1 Å². The van der Waals surface area contributed by atoms with Crippen LogP contribution < -0.4 is 5.32 Å². The molecule has 3 nitrogen and oxygen atoms in total. The molecule has 1 amide bonds. The maximum Gasteiger partial charge on any atom is 0.417 e. The SMILES string of the molecule is O=C(Nc1ccc(I)cc1)c1ccc(-c2ccc(Cl)c(C(F)(F)F)c2)o1. The molecule has 0 spiro atoms. The second kappa shape index (κ2) is 7.32. The van der Waals surface area contributed by atoms with E-state index in [1.807, 2.05) is 12.1 Å². The van der Waals surface area contributed by atoms with Crippen molar-refractivity contribution in [1.29, 1.82) is 0 Å². The summed E-state index contributed by atoms with van der Waals surface area (Å²) < 4.78 is 45.3. The summed E-state index contributed by atoms with van der Waals surface area (Å²) >= 11 is 7.75. The molecule has 0 saturated heterocycles. The highest BCUT2D eigenvalue weighted by molar-refractivity contribution is 14.1. The van der Waals surface area contributed by atoms with Crippen LogP contribution in [-0.2, 0) is 6.18 Å². The van der Waals surface area contributed by atoms with Gasteiger partial charge >= 0.3 is 6.18 Å². The van der Waals surface area contributed by atoms with Crippen LogP contribution in [0.2, 0.25) is 5.02 Å². The second-order valence-corrected chi connectivity index (χ2v) is 6.97. The average Bonchev–Trinajstić information content (AvgIpc) is 3.06. The lowest BCUT2D eigenvalue weighted by Crippen LogP contribution is -2.10. The van der Waals surface area contributed by atoms with Crippen LogP contribution in [0.3, 0.4) is 0 Å². The minimum Gasteiger partial charge on any atom is -0.451 e. The summed E-state index contributed by atoms with van der Waals surface area (Å²) in [4.78, 5) is 12.2. The molecule has 0 saturated carbocycles. The summed E-state index contributed by atoms with van der Waals surface area (Å²) in [5.41, 5.74) is -0.202. The van der Waals surface area contributed by atoms with E-state index >= 15 is 0 Å². The number of anilines is 1. The van der Waals surface area contributed by atoms with Gasteiger partial charge in [0.05, 0.1) is 10.6 Å². The molecule has 0 aliphatic rings. The molecular formula is C18H10ClF3INO2. The standard InChI is InChI=1S/C18H10ClF3INO2/c19-14-6-1-10(9-13(14)18(20,21)22)15-7-8-16(26-15)17(25)24-12-4-2-11(23)3-5-12/h1-9H,(H,24,25). The zero-order valence-electron chi connectivity index (χ0n) is 12.9. The Morgan fingerprint density at radius 1 is 1.04 bits per heavy atom. The van der Waals surface area contributed by atoms with E-state index in [1.54, 1.807) is 12.1 Å². The van der Waals surface area contributed by atoms with Gasteiger partial charge in [0, 0.05) is 14.8 Å². The lowest BCUT2D eigenvalue weighted by Gasteiger charge is -2.10. The summed E-state index contributed by atoms with van der Waals surface area (Å²) in [7, 11) is 0. The summed E-state index contributed by atoms with van der Waals surface area (Å²) in [6.07, 6.45) is -4.58. The molecule has 8 heteroatoms. The van der Waals surface area contributed by atoms with Crippen molar-refractivity contribution >= 4 is 45.8 Å². The van der Waals surface area contributed by atoms with Gasteiger partial charge in [0.15, 0.2) is 5.76 Å². The Morgan fingerprint density at radius 3 is 2.38 bits per heavy atom. The van der Waals surface area contributed by atoms with Crippen molar-refractivity contribution < 1.29 is 22.4 Å². The first-order chi connectivity index (χ1) is 12.2. The largest absolute Gasteiger partial charge is 0.451 e. The molecule has 2 aromatic carbocycles. The number of carbonyl (C=O) groups excluding carboxylic acids is 1. The summed E-state index contributed by atoms with van der Waals surface area (Å²) in [5, 5.41) is 2.26. The third-order valence-corrected chi connectivity index (χ3v) is 4.54. The molecule has 0 unspecified atom stereocenters. The highest BCUT2D eigenvalue weighted by Crippen LogP contribution is 2.37. The lowest BCUT2D eigenvalue weighted by molar-refractivity contribution is -0.137. The topological polar surface area (TPSA) is 42.2 Å². The number of hydrogen-bond donors (Lipinski definition) is 1. The van der Waals surface area contributed by atoms with Gasteiger partial charge in [0.25, 0.3) is 5.91 Å². The van der Waals surface area contributed by atoms with Gasteiger partial charge in [-0.25, -0.2) is 0 Å². The van der Waals surface area contributed by atoms with Gasteiger partial charge in [0.2, 0.25) is 0 Å². The Kier molecular flexibility index (Phi) is 5.29. The Labute approximate surface area is 165 Å². The van der Waals surface area contributed by atoms with Crippen molar-refractivity contribution in [2.24, 2.45) is 0 Å². The zero-order valence-corrected chi connectivity index (χ0v) is 15.8. The van der Waals surface area contributed by atoms with E-state index in [0.717, 1.165) is 15.7 Å². The van der Waals surface area contributed by atoms with Crippen LogP contribution in [0.1, 0.15) is 16.1 Å². The fraction of sp³-hybridized carbons (Fsp3) is 0.0556. The molecule has 1 aromatic heterocycles. The molecule has 0 bridgehead atoms. The van der Waals surface area contributed by atoms with Crippen LogP contribution in [0, 0.1) is 3.57 Å². The first-order valence-electron chi connectivity index (χ1n) is 7.28. The molecule has 3 aromatic rings. The maximum absolute atomic E-state index is 13.0. The minimum absolute atomic E-state index is 0.0120. The summed E-state index contributed by atoms with van der Waals surface area (Å²) in [5.74, 6) is -0.371. The average molecular weight is 492 g/mol. The minimum atomic E-state index is -4.58. The van der Waals surface area contributed by atoms with Gasteiger partial charge < -0.3 is 9.73 Å². The number of carbonyl (C=O) groups is 1. The fourth-order valence-electron chi connectivity index (χ4n) is 2.24. The summed E-state index contributed by atoms with van der Waals surface area (Å²) in [6, 6.07) is 13.4. The highest BCUT2D eigenvalue weighted by atomic mass is 127. The number of rotatable bonds is 3. The number of hydrogen-bond acceptors (Lipinski definition) is 2. The predicted molar refractivity (Wildman–Crippen MR) is 101 cm³/mol. The number of furan rings is 1. The Bertz CT molecular complexity index is 952. The normalized spacial score (nSPS) is 11.4. The van der Waals surface area contributed by atoms with E-state index in [1.165, 1.54) is 18.2 Å². The van der Waals surface area contributed by atoms with Crippen LogP contribution in [0.15, 0.2) is 59.0 Å². The zero-order chi connectivity index (χ0) is 18.9.